The normalized spacial score (nSPS) is 22.2. The molecule has 0 aliphatic heterocycles. The number of nitrogens with zero attached hydrogens (tertiary/aromatic N) is 1. The lowest BCUT2D eigenvalue weighted by Gasteiger charge is -2.30. The maximum absolute atomic E-state index is 12.8. The Morgan fingerprint density at radius 3 is 2.50 bits per heavy atom. The zero-order valence-electron chi connectivity index (χ0n) is 14.8. The second kappa shape index (κ2) is 10.0. The van der Waals surface area contributed by atoms with E-state index < -0.39 is 6.10 Å². The van der Waals surface area contributed by atoms with E-state index in [0.717, 1.165) is 43.2 Å². The van der Waals surface area contributed by atoms with Gasteiger partial charge in [0.15, 0.2) is 0 Å². The lowest BCUT2D eigenvalue weighted by Crippen LogP contribution is -2.45. The molecule has 1 fully saturated rings. The molecule has 0 aromatic heterocycles. The van der Waals surface area contributed by atoms with Crippen molar-refractivity contribution in [2.75, 3.05) is 13.1 Å². The molecule has 1 aromatic carbocycles. The Balaban J connectivity index is 0.00000288. The van der Waals surface area contributed by atoms with Crippen LogP contribution in [-0.2, 0) is 4.79 Å². The average molecular weight is 355 g/mol. The Bertz CT molecular complexity index is 507. The summed E-state index contributed by atoms with van der Waals surface area (Å²) in [5.74, 6) is 0.00993. The third-order valence-electron chi connectivity index (χ3n) is 4.94. The molecule has 0 spiro atoms. The average Bonchev–Trinajstić information content (AvgIpc) is 2.77. The van der Waals surface area contributed by atoms with Gasteiger partial charge >= 0.3 is 0 Å². The number of carbonyl (C=O) groups is 1. The Morgan fingerprint density at radius 1 is 1.25 bits per heavy atom. The van der Waals surface area contributed by atoms with E-state index in [1.54, 1.807) is 4.90 Å². The van der Waals surface area contributed by atoms with Gasteiger partial charge in [0.05, 0.1) is 18.6 Å². The van der Waals surface area contributed by atoms with Crippen LogP contribution in [0.4, 0.5) is 0 Å². The van der Waals surface area contributed by atoms with E-state index >= 15 is 0 Å². The largest absolute Gasteiger partial charge is 0.387 e. The fourth-order valence-corrected chi connectivity index (χ4v) is 3.36. The van der Waals surface area contributed by atoms with Crippen LogP contribution >= 0.6 is 12.4 Å². The molecule has 3 N–H and O–H groups in total. The van der Waals surface area contributed by atoms with E-state index in [4.69, 9.17) is 5.73 Å². The molecule has 1 aliphatic rings. The van der Waals surface area contributed by atoms with Gasteiger partial charge in [0.25, 0.3) is 0 Å². The van der Waals surface area contributed by atoms with Crippen LogP contribution in [-0.4, -0.2) is 35.0 Å². The number of carbonyl (C=O) groups excluding carboxylic acids is 1. The van der Waals surface area contributed by atoms with Crippen molar-refractivity contribution in [2.24, 2.45) is 11.7 Å². The molecule has 5 heteroatoms. The van der Waals surface area contributed by atoms with Crippen LogP contribution in [0.3, 0.4) is 0 Å². The summed E-state index contributed by atoms with van der Waals surface area (Å²) in [6.07, 6.45) is 4.49. The third-order valence-corrected chi connectivity index (χ3v) is 4.94. The summed E-state index contributed by atoms with van der Waals surface area (Å²) in [4.78, 5) is 14.6. The quantitative estimate of drug-likeness (QED) is 0.798. The van der Waals surface area contributed by atoms with Crippen LogP contribution in [0.25, 0.3) is 0 Å². The predicted octanol–water partition coefficient (Wildman–Crippen LogP) is 3.21. The summed E-state index contributed by atoms with van der Waals surface area (Å²) in [7, 11) is 0. The van der Waals surface area contributed by atoms with Gasteiger partial charge in [0, 0.05) is 12.6 Å². The lowest BCUT2D eigenvalue weighted by atomic mass is 9.93. The fraction of sp³-hybridized carbons (Fsp3) is 0.632. The molecule has 0 radical (unpaired) electrons. The van der Waals surface area contributed by atoms with E-state index in [0.29, 0.717) is 13.1 Å². The number of aliphatic hydroxyl groups is 1. The molecule has 4 nitrogen and oxygen atoms in total. The van der Waals surface area contributed by atoms with Gasteiger partial charge in [0.2, 0.25) is 5.91 Å². The van der Waals surface area contributed by atoms with Crippen molar-refractivity contribution in [3.63, 3.8) is 0 Å². The van der Waals surface area contributed by atoms with Crippen molar-refractivity contribution in [1.82, 2.24) is 4.90 Å². The second-order valence-corrected chi connectivity index (χ2v) is 6.71. The number of halogens is 1. The van der Waals surface area contributed by atoms with E-state index in [2.05, 4.69) is 0 Å². The molecule has 1 amide bonds. The minimum atomic E-state index is -0.651. The number of rotatable bonds is 5. The van der Waals surface area contributed by atoms with Crippen molar-refractivity contribution in [2.45, 2.75) is 58.1 Å². The molecule has 3 atom stereocenters. The lowest BCUT2D eigenvalue weighted by molar-refractivity contribution is -0.137. The second-order valence-electron chi connectivity index (χ2n) is 6.71. The van der Waals surface area contributed by atoms with Gasteiger partial charge in [-0.1, -0.05) is 49.1 Å². The molecule has 0 saturated heterocycles. The maximum Gasteiger partial charge on any atom is 0.227 e. The number of hydrogen-bond acceptors (Lipinski definition) is 3. The molecule has 24 heavy (non-hydrogen) atoms. The Labute approximate surface area is 151 Å². The number of likely N-dealkylation sites (N-methyl/N-ethyl adjacent to an activating group) is 1. The van der Waals surface area contributed by atoms with Crippen molar-refractivity contribution in [3.8, 4) is 0 Å². The molecule has 2 rings (SSSR count). The predicted molar refractivity (Wildman–Crippen MR) is 100 cm³/mol. The van der Waals surface area contributed by atoms with Crippen molar-refractivity contribution in [3.05, 3.63) is 35.4 Å². The van der Waals surface area contributed by atoms with Crippen LogP contribution < -0.4 is 5.73 Å². The Morgan fingerprint density at radius 2 is 1.88 bits per heavy atom. The fourth-order valence-electron chi connectivity index (χ4n) is 3.36. The minimum absolute atomic E-state index is 0. The van der Waals surface area contributed by atoms with Crippen LogP contribution in [0.1, 0.15) is 56.3 Å². The highest BCUT2D eigenvalue weighted by molar-refractivity contribution is 5.85. The van der Waals surface area contributed by atoms with Gasteiger partial charge in [-0.15, -0.1) is 12.4 Å². The van der Waals surface area contributed by atoms with Gasteiger partial charge in [0.1, 0.15) is 0 Å². The topological polar surface area (TPSA) is 66.6 Å². The summed E-state index contributed by atoms with van der Waals surface area (Å²) in [5.41, 5.74) is 8.24. The van der Waals surface area contributed by atoms with Gasteiger partial charge in [-0.3, -0.25) is 4.79 Å². The van der Waals surface area contributed by atoms with E-state index in [1.807, 2.05) is 38.1 Å². The highest BCUT2D eigenvalue weighted by Crippen LogP contribution is 2.25. The minimum Gasteiger partial charge on any atom is -0.387 e. The summed E-state index contributed by atoms with van der Waals surface area (Å²) in [6.45, 7) is 4.92. The smallest absolute Gasteiger partial charge is 0.227 e. The first-order valence-electron chi connectivity index (χ1n) is 8.82. The number of aryl methyl sites for hydroxylation is 1. The first-order chi connectivity index (χ1) is 11.0. The Hall–Kier alpha value is -1.10. The summed E-state index contributed by atoms with van der Waals surface area (Å²) in [6, 6.07) is 7.77. The highest BCUT2D eigenvalue weighted by atomic mass is 35.5. The zero-order chi connectivity index (χ0) is 16.8. The molecule has 0 heterocycles. The Kier molecular flexibility index (Phi) is 8.74. The zero-order valence-corrected chi connectivity index (χ0v) is 15.6. The van der Waals surface area contributed by atoms with Crippen LogP contribution in [0.2, 0.25) is 0 Å². The molecule has 0 bridgehead atoms. The summed E-state index contributed by atoms with van der Waals surface area (Å²) in [5, 5.41) is 10.5. The van der Waals surface area contributed by atoms with Gasteiger partial charge in [-0.2, -0.15) is 0 Å². The number of aliphatic hydroxyl groups excluding tert-OH is 1. The molecule has 3 unspecified atom stereocenters. The third kappa shape index (κ3) is 5.47. The van der Waals surface area contributed by atoms with E-state index in [-0.39, 0.29) is 30.3 Å². The standard InChI is InChI=1S/C19H30N2O2.ClH/c1-3-21(13-18(22)15-11-9-14(2)10-12-15)19(23)16-7-5-4-6-8-17(16)20;/h9-12,16-18,22H,3-8,13,20H2,1-2H3;1H. The van der Waals surface area contributed by atoms with E-state index in [1.165, 1.54) is 0 Å². The number of benzene rings is 1. The van der Waals surface area contributed by atoms with E-state index in [9.17, 15) is 9.90 Å². The summed E-state index contributed by atoms with van der Waals surface area (Å²) >= 11 is 0. The van der Waals surface area contributed by atoms with Crippen molar-refractivity contribution >= 4 is 18.3 Å². The van der Waals surface area contributed by atoms with Crippen LogP contribution in [0.15, 0.2) is 24.3 Å². The molecule has 136 valence electrons. The molecule has 1 aliphatic carbocycles. The maximum atomic E-state index is 12.8. The highest BCUT2D eigenvalue weighted by Gasteiger charge is 2.30. The molecule has 1 aromatic rings. The number of nitrogens with two attached hydrogens (primary N) is 1. The van der Waals surface area contributed by atoms with Crippen molar-refractivity contribution < 1.29 is 9.90 Å². The molecular formula is C19H31ClN2O2. The molecule has 1 saturated carbocycles. The van der Waals surface area contributed by atoms with Gasteiger partial charge < -0.3 is 15.7 Å². The van der Waals surface area contributed by atoms with Crippen LogP contribution in [0.5, 0.6) is 0 Å². The first kappa shape index (κ1) is 20.9. The number of amides is 1. The summed E-state index contributed by atoms with van der Waals surface area (Å²) < 4.78 is 0. The molecular weight excluding hydrogens is 324 g/mol. The number of hydrogen-bond donors (Lipinski definition) is 2. The monoisotopic (exact) mass is 354 g/mol. The van der Waals surface area contributed by atoms with Gasteiger partial charge in [-0.25, -0.2) is 0 Å². The van der Waals surface area contributed by atoms with Crippen LogP contribution in [0, 0.1) is 12.8 Å². The van der Waals surface area contributed by atoms with Gasteiger partial charge in [-0.05, 0) is 32.3 Å². The SMILES string of the molecule is CCN(CC(O)c1ccc(C)cc1)C(=O)C1CCCCCC1N.Cl. The first-order valence-corrected chi connectivity index (χ1v) is 8.82. The van der Waals surface area contributed by atoms with Crippen molar-refractivity contribution in [1.29, 1.82) is 0 Å².